The highest BCUT2D eigenvalue weighted by Crippen LogP contribution is 2.32. The Bertz CT molecular complexity index is 1150. The Hall–Kier alpha value is -3.48. The number of carbonyl (C=O) groups is 1. The van der Waals surface area contributed by atoms with Crippen molar-refractivity contribution < 1.29 is 19.0 Å². The molecule has 1 amide bonds. The van der Waals surface area contributed by atoms with Crippen molar-refractivity contribution in [2.24, 2.45) is 0 Å². The Labute approximate surface area is 175 Å². The normalized spacial score (nSPS) is 10.7. The van der Waals surface area contributed by atoms with Crippen LogP contribution in [0, 0.1) is 6.92 Å². The quantitative estimate of drug-likeness (QED) is 0.647. The Kier molecular flexibility index (Phi) is 6.30. The van der Waals surface area contributed by atoms with Crippen molar-refractivity contribution in [3.8, 4) is 17.2 Å². The van der Waals surface area contributed by atoms with Crippen molar-refractivity contribution in [1.29, 1.82) is 0 Å². The number of pyridine rings is 1. The monoisotopic (exact) mass is 410 g/mol. The van der Waals surface area contributed by atoms with Crippen LogP contribution in [0.4, 0.5) is 0 Å². The summed E-state index contributed by atoms with van der Waals surface area (Å²) < 4.78 is 17.5. The molecule has 3 rings (SSSR count). The van der Waals surface area contributed by atoms with Gasteiger partial charge in [0.2, 0.25) is 0 Å². The third kappa shape index (κ3) is 3.96. The summed E-state index contributed by atoms with van der Waals surface area (Å²) in [6.45, 7) is 4.59. The third-order valence-electron chi connectivity index (χ3n) is 5.10. The number of fused-ring (bicyclic) bond motifs is 1. The van der Waals surface area contributed by atoms with E-state index in [0.29, 0.717) is 40.9 Å². The van der Waals surface area contributed by atoms with Crippen LogP contribution in [0.5, 0.6) is 17.2 Å². The molecule has 1 N–H and O–H groups in total. The molecule has 1 aromatic heterocycles. The van der Waals surface area contributed by atoms with Gasteiger partial charge in [-0.15, -0.1) is 0 Å². The van der Waals surface area contributed by atoms with E-state index in [1.165, 1.54) is 18.8 Å². The molecule has 0 aliphatic rings. The van der Waals surface area contributed by atoms with Gasteiger partial charge in [-0.3, -0.25) is 9.59 Å². The second-order valence-electron chi connectivity index (χ2n) is 6.87. The first-order valence-corrected chi connectivity index (χ1v) is 9.64. The predicted molar refractivity (Wildman–Crippen MR) is 116 cm³/mol. The molecular formula is C23H26N2O5. The SMILES string of the molecule is CCn1cc(C(=O)NCc2ccc(C)c(OC)c2)c2cc(OC)c(OC)cc2c1=O. The maximum Gasteiger partial charge on any atom is 0.258 e. The molecule has 0 fully saturated rings. The third-order valence-corrected chi connectivity index (χ3v) is 5.10. The second-order valence-corrected chi connectivity index (χ2v) is 6.87. The molecule has 0 saturated heterocycles. The molecule has 158 valence electrons. The number of aryl methyl sites for hydroxylation is 2. The number of rotatable bonds is 7. The van der Waals surface area contributed by atoms with E-state index in [2.05, 4.69) is 5.32 Å². The van der Waals surface area contributed by atoms with Crippen LogP contribution in [0.3, 0.4) is 0 Å². The van der Waals surface area contributed by atoms with Crippen LogP contribution >= 0.6 is 0 Å². The number of amides is 1. The zero-order valence-corrected chi connectivity index (χ0v) is 17.9. The van der Waals surface area contributed by atoms with Crippen molar-refractivity contribution in [2.45, 2.75) is 26.9 Å². The number of nitrogens with zero attached hydrogens (tertiary/aromatic N) is 1. The van der Waals surface area contributed by atoms with Crippen LogP contribution in [0.25, 0.3) is 10.8 Å². The Morgan fingerprint density at radius 1 is 0.967 bits per heavy atom. The fraction of sp³-hybridized carbons (Fsp3) is 0.304. The van der Waals surface area contributed by atoms with E-state index in [1.807, 2.05) is 32.0 Å². The summed E-state index contributed by atoms with van der Waals surface area (Å²) in [6.07, 6.45) is 1.58. The molecule has 0 atom stereocenters. The maximum absolute atomic E-state index is 13.1. The number of hydrogen-bond donors (Lipinski definition) is 1. The van der Waals surface area contributed by atoms with Gasteiger partial charge >= 0.3 is 0 Å². The van der Waals surface area contributed by atoms with Crippen LogP contribution < -0.4 is 25.1 Å². The van der Waals surface area contributed by atoms with Crippen molar-refractivity contribution in [2.75, 3.05) is 21.3 Å². The van der Waals surface area contributed by atoms with Crippen molar-refractivity contribution in [3.05, 3.63) is 63.6 Å². The van der Waals surface area contributed by atoms with Crippen LogP contribution in [-0.2, 0) is 13.1 Å². The predicted octanol–water partition coefficient (Wildman–Crippen LogP) is 3.29. The number of aromatic nitrogens is 1. The molecule has 0 unspecified atom stereocenters. The lowest BCUT2D eigenvalue weighted by Gasteiger charge is -2.15. The number of carbonyl (C=O) groups excluding carboxylic acids is 1. The summed E-state index contributed by atoms with van der Waals surface area (Å²) >= 11 is 0. The van der Waals surface area contributed by atoms with E-state index < -0.39 is 0 Å². The highest BCUT2D eigenvalue weighted by molar-refractivity contribution is 6.07. The molecule has 0 spiro atoms. The van der Waals surface area contributed by atoms with Gasteiger partial charge in [-0.25, -0.2) is 0 Å². The minimum atomic E-state index is -0.283. The van der Waals surface area contributed by atoms with Crippen LogP contribution in [0.1, 0.15) is 28.4 Å². The minimum Gasteiger partial charge on any atom is -0.496 e. The van der Waals surface area contributed by atoms with Gasteiger partial charge in [0.05, 0.1) is 32.3 Å². The zero-order chi connectivity index (χ0) is 21.8. The summed E-state index contributed by atoms with van der Waals surface area (Å²) in [4.78, 5) is 25.9. The van der Waals surface area contributed by atoms with Gasteiger partial charge in [-0.1, -0.05) is 12.1 Å². The van der Waals surface area contributed by atoms with E-state index in [-0.39, 0.29) is 11.5 Å². The lowest BCUT2D eigenvalue weighted by molar-refractivity contribution is 0.0951. The van der Waals surface area contributed by atoms with Crippen LogP contribution in [-0.4, -0.2) is 31.8 Å². The summed E-state index contributed by atoms with van der Waals surface area (Å²) in [5.41, 5.74) is 2.15. The lowest BCUT2D eigenvalue weighted by Crippen LogP contribution is -2.27. The molecule has 3 aromatic rings. The van der Waals surface area contributed by atoms with Gasteiger partial charge in [0.25, 0.3) is 11.5 Å². The number of benzene rings is 2. The number of nitrogens with one attached hydrogen (secondary N) is 1. The first-order valence-electron chi connectivity index (χ1n) is 9.64. The van der Waals surface area contributed by atoms with E-state index in [0.717, 1.165) is 16.9 Å². The highest BCUT2D eigenvalue weighted by atomic mass is 16.5. The first-order chi connectivity index (χ1) is 14.4. The average molecular weight is 410 g/mol. The van der Waals surface area contributed by atoms with E-state index in [9.17, 15) is 9.59 Å². The smallest absolute Gasteiger partial charge is 0.258 e. The van der Waals surface area contributed by atoms with Gasteiger partial charge in [0.15, 0.2) is 11.5 Å². The van der Waals surface area contributed by atoms with Gasteiger partial charge < -0.3 is 24.1 Å². The van der Waals surface area contributed by atoms with Gasteiger partial charge in [-0.2, -0.15) is 0 Å². The summed E-state index contributed by atoms with van der Waals surface area (Å²) in [7, 11) is 4.64. The average Bonchev–Trinajstić information content (AvgIpc) is 2.77. The lowest BCUT2D eigenvalue weighted by atomic mass is 10.1. The number of ether oxygens (including phenoxy) is 3. The molecule has 7 nitrogen and oxygen atoms in total. The largest absolute Gasteiger partial charge is 0.496 e. The Morgan fingerprint density at radius 3 is 2.20 bits per heavy atom. The number of methoxy groups -OCH3 is 3. The molecule has 0 bridgehead atoms. The standard InChI is InChI=1S/C23H26N2O5/c1-6-25-13-18(16-10-20(29-4)21(30-5)11-17(16)23(25)27)22(26)24-12-15-8-7-14(2)19(9-15)28-3/h7-11,13H,6,12H2,1-5H3,(H,24,26). The molecule has 0 aliphatic heterocycles. The van der Waals surface area contributed by atoms with E-state index in [1.54, 1.807) is 25.4 Å². The molecule has 0 aliphatic carbocycles. The Balaban J connectivity index is 2.02. The first kappa shape index (κ1) is 21.2. The molecule has 7 heteroatoms. The zero-order valence-electron chi connectivity index (χ0n) is 17.9. The Morgan fingerprint density at radius 2 is 1.60 bits per heavy atom. The molecule has 2 aromatic carbocycles. The van der Waals surface area contributed by atoms with Crippen molar-refractivity contribution in [3.63, 3.8) is 0 Å². The summed E-state index contributed by atoms with van der Waals surface area (Å²) in [6, 6.07) is 9.07. The fourth-order valence-corrected chi connectivity index (χ4v) is 3.39. The number of hydrogen-bond acceptors (Lipinski definition) is 5. The second kappa shape index (κ2) is 8.90. The minimum absolute atomic E-state index is 0.187. The maximum atomic E-state index is 13.1. The highest BCUT2D eigenvalue weighted by Gasteiger charge is 2.18. The molecule has 30 heavy (non-hydrogen) atoms. The van der Waals surface area contributed by atoms with Crippen molar-refractivity contribution in [1.82, 2.24) is 9.88 Å². The van der Waals surface area contributed by atoms with E-state index in [4.69, 9.17) is 14.2 Å². The van der Waals surface area contributed by atoms with E-state index >= 15 is 0 Å². The van der Waals surface area contributed by atoms with Gasteiger partial charge in [0, 0.05) is 24.7 Å². The summed E-state index contributed by atoms with van der Waals surface area (Å²) in [5, 5.41) is 3.85. The topological polar surface area (TPSA) is 78.8 Å². The van der Waals surface area contributed by atoms with Crippen LogP contribution in [0.2, 0.25) is 0 Å². The van der Waals surface area contributed by atoms with Crippen molar-refractivity contribution >= 4 is 16.7 Å². The summed E-state index contributed by atoms with van der Waals surface area (Å²) in [5.74, 6) is 1.38. The molecule has 1 heterocycles. The van der Waals surface area contributed by atoms with Crippen LogP contribution in [0.15, 0.2) is 41.3 Å². The molecule has 0 radical (unpaired) electrons. The fourth-order valence-electron chi connectivity index (χ4n) is 3.39. The van der Waals surface area contributed by atoms with Gasteiger partial charge in [-0.05, 0) is 43.2 Å². The molecule has 0 saturated carbocycles. The molecular weight excluding hydrogens is 384 g/mol. The van der Waals surface area contributed by atoms with Gasteiger partial charge in [0.1, 0.15) is 5.75 Å².